The minimum atomic E-state index is 0.320. The quantitative estimate of drug-likeness (QED) is 0.403. The van der Waals surface area contributed by atoms with Gasteiger partial charge in [-0.2, -0.15) is 0 Å². The van der Waals surface area contributed by atoms with Crippen LogP contribution in [0.1, 0.15) is 0 Å². The molecule has 0 heterocycles. The van der Waals surface area contributed by atoms with Gasteiger partial charge in [0.15, 0.2) is 0 Å². The van der Waals surface area contributed by atoms with Crippen molar-refractivity contribution >= 4 is 12.1 Å². The normalized spacial score (nSPS) is 11.1. The highest BCUT2D eigenvalue weighted by atomic mass is 16.5. The van der Waals surface area contributed by atoms with Crippen LogP contribution >= 0.6 is 0 Å². The summed E-state index contributed by atoms with van der Waals surface area (Å²) < 4.78 is 4.87. The lowest BCUT2D eigenvalue weighted by molar-refractivity contribution is 0.322. The molecule has 4 nitrogen and oxygen atoms in total. The lowest BCUT2D eigenvalue weighted by Crippen LogP contribution is -2.13. The van der Waals surface area contributed by atoms with Crippen LogP contribution in [0.25, 0.3) is 0 Å². The van der Waals surface area contributed by atoms with Crippen LogP contribution in [0.15, 0.2) is 4.99 Å². The Balaban J connectivity index is 3.45. The van der Waals surface area contributed by atoms with Gasteiger partial charge in [0.1, 0.15) is 6.61 Å². The van der Waals surface area contributed by atoms with E-state index in [1.165, 1.54) is 0 Å². The summed E-state index contributed by atoms with van der Waals surface area (Å²) in [5, 5.41) is 6.72. The van der Waals surface area contributed by atoms with E-state index in [0.29, 0.717) is 19.0 Å². The van der Waals surface area contributed by atoms with Gasteiger partial charge in [-0.3, -0.25) is 4.99 Å². The molecule has 0 amide bonds. The van der Waals surface area contributed by atoms with Gasteiger partial charge in [0, 0.05) is 13.6 Å². The van der Waals surface area contributed by atoms with Crippen LogP contribution in [0.4, 0.5) is 0 Å². The maximum absolute atomic E-state index is 6.72. The molecular formula is C5H11N3O. The molecular weight excluding hydrogens is 118 g/mol. The van der Waals surface area contributed by atoms with E-state index in [-0.39, 0.29) is 0 Å². The van der Waals surface area contributed by atoms with E-state index in [0.717, 1.165) is 6.21 Å². The maximum Gasteiger partial charge on any atom is 0.226 e. The van der Waals surface area contributed by atoms with Gasteiger partial charge in [0.2, 0.25) is 5.90 Å². The monoisotopic (exact) mass is 129 g/mol. The molecule has 4 heteroatoms. The van der Waals surface area contributed by atoms with Gasteiger partial charge in [0.25, 0.3) is 0 Å². The van der Waals surface area contributed by atoms with E-state index in [9.17, 15) is 0 Å². The highest BCUT2D eigenvalue weighted by molar-refractivity contribution is 6.24. The molecule has 9 heavy (non-hydrogen) atoms. The van der Waals surface area contributed by atoms with Crippen LogP contribution < -0.4 is 5.73 Å². The Labute approximate surface area is 54.2 Å². The molecule has 0 spiro atoms. The number of ether oxygens (including phenoxy) is 1. The van der Waals surface area contributed by atoms with Crippen molar-refractivity contribution in [3.63, 3.8) is 0 Å². The SMILES string of the molecule is CN=C(C=N)OCCN. The molecule has 0 aliphatic carbocycles. The summed E-state index contributed by atoms with van der Waals surface area (Å²) in [4.78, 5) is 3.64. The number of nitrogens with zero attached hydrogens (tertiary/aromatic N) is 1. The van der Waals surface area contributed by atoms with E-state index in [1.54, 1.807) is 7.05 Å². The first-order valence-electron chi connectivity index (χ1n) is 2.65. The molecule has 0 aliphatic rings. The average molecular weight is 129 g/mol. The molecule has 0 unspecified atom stereocenters. The summed E-state index contributed by atoms with van der Waals surface area (Å²) in [6.07, 6.45) is 1.05. The van der Waals surface area contributed by atoms with Crippen LogP contribution in [0.3, 0.4) is 0 Å². The molecule has 0 aliphatic heterocycles. The van der Waals surface area contributed by atoms with Crippen molar-refractivity contribution in [3.05, 3.63) is 0 Å². The summed E-state index contributed by atoms with van der Waals surface area (Å²) in [6, 6.07) is 0. The largest absolute Gasteiger partial charge is 0.475 e. The fourth-order valence-electron chi connectivity index (χ4n) is 0.334. The lowest BCUT2D eigenvalue weighted by Gasteiger charge is -1.99. The Bertz CT molecular complexity index is 111. The average Bonchev–Trinajstić information content (AvgIpc) is 1.91. The molecule has 0 aromatic rings. The maximum atomic E-state index is 6.72. The minimum Gasteiger partial charge on any atom is -0.475 e. The summed E-state index contributed by atoms with van der Waals surface area (Å²) >= 11 is 0. The standard InChI is InChI=1S/C5H11N3O/c1-8-5(4-7)9-3-2-6/h4,7H,2-3,6H2,1H3. The van der Waals surface area contributed by atoms with Crippen LogP contribution in [-0.4, -0.2) is 32.3 Å². The van der Waals surface area contributed by atoms with E-state index in [1.807, 2.05) is 0 Å². The minimum absolute atomic E-state index is 0.320. The predicted octanol–water partition coefficient (Wildman–Crippen LogP) is -0.360. The van der Waals surface area contributed by atoms with Gasteiger partial charge >= 0.3 is 0 Å². The molecule has 52 valence electrons. The second-order valence-corrected chi connectivity index (χ2v) is 1.34. The van der Waals surface area contributed by atoms with Crippen LogP contribution in [0, 0.1) is 5.41 Å². The first-order valence-corrected chi connectivity index (χ1v) is 2.65. The zero-order chi connectivity index (χ0) is 7.11. The number of hydrogen-bond donors (Lipinski definition) is 2. The van der Waals surface area contributed by atoms with E-state index < -0.39 is 0 Å². The second-order valence-electron chi connectivity index (χ2n) is 1.34. The van der Waals surface area contributed by atoms with Gasteiger partial charge in [-0.15, -0.1) is 0 Å². The number of rotatable bonds is 3. The third-order valence-corrected chi connectivity index (χ3v) is 0.712. The summed E-state index contributed by atoms with van der Waals surface area (Å²) in [5.74, 6) is 0.320. The van der Waals surface area contributed by atoms with Gasteiger partial charge in [-0.1, -0.05) is 0 Å². The fourth-order valence-corrected chi connectivity index (χ4v) is 0.334. The van der Waals surface area contributed by atoms with Crippen molar-refractivity contribution < 1.29 is 4.74 Å². The van der Waals surface area contributed by atoms with Crippen molar-refractivity contribution in [2.24, 2.45) is 10.7 Å². The topological polar surface area (TPSA) is 71.5 Å². The molecule has 0 saturated heterocycles. The van der Waals surface area contributed by atoms with Crippen molar-refractivity contribution in [2.45, 2.75) is 0 Å². The van der Waals surface area contributed by atoms with Crippen molar-refractivity contribution in [1.29, 1.82) is 5.41 Å². The van der Waals surface area contributed by atoms with E-state index in [2.05, 4.69) is 4.99 Å². The number of aliphatic imine (C=N–C) groups is 1. The van der Waals surface area contributed by atoms with Gasteiger partial charge in [-0.05, 0) is 0 Å². The van der Waals surface area contributed by atoms with Crippen LogP contribution in [0.5, 0.6) is 0 Å². The Morgan fingerprint density at radius 1 is 1.89 bits per heavy atom. The molecule has 0 bridgehead atoms. The molecule has 0 aromatic carbocycles. The van der Waals surface area contributed by atoms with Crippen molar-refractivity contribution in [1.82, 2.24) is 0 Å². The van der Waals surface area contributed by atoms with Gasteiger partial charge in [0.05, 0.1) is 6.21 Å². The fraction of sp³-hybridized carbons (Fsp3) is 0.600. The molecule has 0 rings (SSSR count). The predicted molar refractivity (Wildman–Crippen MR) is 37.1 cm³/mol. The highest BCUT2D eigenvalue weighted by Crippen LogP contribution is 1.74. The first kappa shape index (κ1) is 8.10. The third-order valence-electron chi connectivity index (χ3n) is 0.712. The Hall–Kier alpha value is -0.900. The number of nitrogens with two attached hydrogens (primary N) is 1. The molecule has 0 atom stereocenters. The number of hydrogen-bond acceptors (Lipinski definition) is 4. The van der Waals surface area contributed by atoms with Crippen LogP contribution in [0.2, 0.25) is 0 Å². The lowest BCUT2D eigenvalue weighted by atomic mass is 10.7. The highest BCUT2D eigenvalue weighted by Gasteiger charge is 1.89. The summed E-state index contributed by atoms with van der Waals surface area (Å²) in [7, 11) is 1.57. The summed E-state index contributed by atoms with van der Waals surface area (Å²) in [6.45, 7) is 0.870. The molecule has 0 fully saturated rings. The van der Waals surface area contributed by atoms with Crippen molar-refractivity contribution in [2.75, 3.05) is 20.2 Å². The zero-order valence-electron chi connectivity index (χ0n) is 5.42. The van der Waals surface area contributed by atoms with Crippen molar-refractivity contribution in [3.8, 4) is 0 Å². The first-order chi connectivity index (χ1) is 4.35. The third kappa shape index (κ3) is 3.66. The molecule has 3 N–H and O–H groups in total. The Kier molecular flexibility index (Phi) is 4.72. The van der Waals surface area contributed by atoms with Gasteiger partial charge in [-0.25, -0.2) is 0 Å². The Morgan fingerprint density at radius 2 is 2.56 bits per heavy atom. The smallest absolute Gasteiger partial charge is 0.226 e. The molecule has 0 aromatic heterocycles. The summed E-state index contributed by atoms with van der Waals surface area (Å²) in [5.41, 5.74) is 5.13. The van der Waals surface area contributed by atoms with Gasteiger partial charge < -0.3 is 15.9 Å². The van der Waals surface area contributed by atoms with Crippen LogP contribution in [-0.2, 0) is 4.74 Å². The number of nitrogens with one attached hydrogen (secondary N) is 1. The second kappa shape index (κ2) is 5.24. The Morgan fingerprint density at radius 3 is 2.89 bits per heavy atom. The molecule has 0 radical (unpaired) electrons. The van der Waals surface area contributed by atoms with E-state index >= 15 is 0 Å². The molecule has 0 saturated carbocycles. The van der Waals surface area contributed by atoms with E-state index in [4.69, 9.17) is 15.9 Å². The zero-order valence-corrected chi connectivity index (χ0v) is 5.42.